The van der Waals surface area contributed by atoms with Crippen molar-refractivity contribution in [2.45, 2.75) is 39.2 Å². The van der Waals surface area contributed by atoms with Crippen molar-refractivity contribution in [3.63, 3.8) is 0 Å². The van der Waals surface area contributed by atoms with Crippen LogP contribution < -0.4 is 9.62 Å². The first-order chi connectivity index (χ1) is 16.0. The molecule has 1 atom stereocenters. The molecule has 0 unspecified atom stereocenters. The molecule has 0 saturated heterocycles. The van der Waals surface area contributed by atoms with Crippen LogP contribution in [0, 0.1) is 0 Å². The van der Waals surface area contributed by atoms with Crippen LogP contribution in [0.3, 0.4) is 0 Å². The number of sulfonamides is 1. The van der Waals surface area contributed by atoms with Crippen molar-refractivity contribution in [2.24, 2.45) is 0 Å². The number of carbonyl (C=O) groups excluding carboxylic acids is 2. The van der Waals surface area contributed by atoms with Gasteiger partial charge in [0.05, 0.1) is 17.0 Å². The third-order valence-corrected chi connectivity index (χ3v) is 7.00. The summed E-state index contributed by atoms with van der Waals surface area (Å²) in [7, 11) is -3.85. The van der Waals surface area contributed by atoms with Crippen LogP contribution in [0.25, 0.3) is 0 Å². The fraction of sp³-hybridized carbons (Fsp3) is 0.417. The molecule has 0 aliphatic rings. The van der Waals surface area contributed by atoms with Gasteiger partial charge in [-0.25, -0.2) is 8.42 Å². The Balaban J connectivity index is 2.30. The fourth-order valence-corrected chi connectivity index (χ4v) is 4.81. The van der Waals surface area contributed by atoms with Crippen LogP contribution in [0.1, 0.15) is 32.3 Å². The number of nitrogens with zero attached hydrogens (tertiary/aromatic N) is 2. The summed E-state index contributed by atoms with van der Waals surface area (Å²) in [5, 5.41) is 3.29. The van der Waals surface area contributed by atoms with Gasteiger partial charge in [0.25, 0.3) is 0 Å². The van der Waals surface area contributed by atoms with E-state index in [9.17, 15) is 18.0 Å². The van der Waals surface area contributed by atoms with Gasteiger partial charge in [0.2, 0.25) is 21.8 Å². The summed E-state index contributed by atoms with van der Waals surface area (Å²) >= 11 is 12.2. The summed E-state index contributed by atoms with van der Waals surface area (Å²) in [6.07, 6.45) is 3.27. The third-order valence-electron chi connectivity index (χ3n) is 5.34. The Kier molecular flexibility index (Phi) is 10.7. The second kappa shape index (κ2) is 13.0. The minimum absolute atomic E-state index is 0.104. The van der Waals surface area contributed by atoms with Gasteiger partial charge in [-0.3, -0.25) is 13.9 Å². The number of halogens is 2. The molecule has 0 heterocycles. The lowest BCUT2D eigenvalue weighted by Gasteiger charge is -2.31. The van der Waals surface area contributed by atoms with Crippen LogP contribution >= 0.6 is 23.2 Å². The highest BCUT2D eigenvalue weighted by Gasteiger charge is 2.30. The number of unbranched alkanes of at least 4 members (excludes halogenated alkanes) is 1. The summed E-state index contributed by atoms with van der Waals surface area (Å²) in [5.41, 5.74) is 1.14. The molecule has 0 aliphatic carbocycles. The quantitative estimate of drug-likeness (QED) is 0.420. The lowest BCUT2D eigenvalue weighted by molar-refractivity contribution is -0.138. The Morgan fingerprint density at radius 2 is 1.76 bits per heavy atom. The molecule has 0 bridgehead atoms. The van der Waals surface area contributed by atoms with Crippen molar-refractivity contribution in [3.8, 4) is 0 Å². The average Bonchev–Trinajstić information content (AvgIpc) is 2.78. The molecular formula is C24H31Cl2N3O4S. The zero-order valence-electron chi connectivity index (χ0n) is 19.6. The molecule has 0 aliphatic heterocycles. The number of anilines is 1. The molecule has 7 nitrogen and oxygen atoms in total. The van der Waals surface area contributed by atoms with Gasteiger partial charge in [0.15, 0.2) is 0 Å². The molecule has 10 heteroatoms. The van der Waals surface area contributed by atoms with E-state index in [1.807, 2.05) is 37.3 Å². The Hall–Kier alpha value is -2.29. The van der Waals surface area contributed by atoms with E-state index in [4.69, 9.17) is 23.2 Å². The van der Waals surface area contributed by atoms with Crippen LogP contribution in [0.15, 0.2) is 48.5 Å². The maximum absolute atomic E-state index is 13.4. The molecule has 34 heavy (non-hydrogen) atoms. The van der Waals surface area contributed by atoms with Crippen molar-refractivity contribution in [1.82, 2.24) is 10.2 Å². The van der Waals surface area contributed by atoms with Crippen molar-refractivity contribution in [2.75, 3.05) is 30.2 Å². The van der Waals surface area contributed by atoms with Crippen molar-refractivity contribution < 1.29 is 18.0 Å². The van der Waals surface area contributed by atoms with Gasteiger partial charge >= 0.3 is 0 Å². The Labute approximate surface area is 212 Å². The normalized spacial score (nSPS) is 12.1. The molecule has 1 N–H and O–H groups in total. The van der Waals surface area contributed by atoms with Crippen LogP contribution in [-0.2, 0) is 26.0 Å². The fourth-order valence-electron chi connectivity index (χ4n) is 3.38. The third kappa shape index (κ3) is 8.18. The topological polar surface area (TPSA) is 86.8 Å². The van der Waals surface area contributed by atoms with Gasteiger partial charge in [-0.05, 0) is 43.5 Å². The van der Waals surface area contributed by atoms with Gasteiger partial charge < -0.3 is 10.2 Å². The van der Waals surface area contributed by atoms with Crippen LogP contribution in [0.4, 0.5) is 5.69 Å². The molecule has 186 valence electrons. The molecule has 2 aromatic rings. The van der Waals surface area contributed by atoms with Gasteiger partial charge in [-0.15, -0.1) is 0 Å². The van der Waals surface area contributed by atoms with Gasteiger partial charge in [-0.2, -0.15) is 0 Å². The first-order valence-corrected chi connectivity index (χ1v) is 13.7. The average molecular weight is 529 g/mol. The number of rotatable bonds is 12. The van der Waals surface area contributed by atoms with E-state index in [0.717, 1.165) is 29.0 Å². The minimum atomic E-state index is -3.85. The van der Waals surface area contributed by atoms with Crippen LogP contribution in [0.2, 0.25) is 10.0 Å². The molecule has 2 rings (SSSR count). The number of nitrogens with one attached hydrogen (secondary N) is 1. The molecular weight excluding hydrogens is 497 g/mol. The molecule has 0 fully saturated rings. The lowest BCUT2D eigenvalue weighted by Crippen LogP contribution is -2.52. The molecule has 0 spiro atoms. The predicted molar refractivity (Wildman–Crippen MR) is 138 cm³/mol. The van der Waals surface area contributed by atoms with E-state index in [-0.39, 0.29) is 23.2 Å². The van der Waals surface area contributed by atoms with Crippen LogP contribution in [-0.4, -0.2) is 57.1 Å². The van der Waals surface area contributed by atoms with E-state index < -0.39 is 28.5 Å². The summed E-state index contributed by atoms with van der Waals surface area (Å²) in [5.74, 6) is -0.796. The maximum atomic E-state index is 13.4. The highest BCUT2D eigenvalue weighted by atomic mass is 35.5. The smallest absolute Gasteiger partial charge is 0.244 e. The molecule has 2 amide bonds. The van der Waals surface area contributed by atoms with Gasteiger partial charge in [0, 0.05) is 18.1 Å². The van der Waals surface area contributed by atoms with Gasteiger partial charge in [-0.1, -0.05) is 66.9 Å². The Morgan fingerprint density at radius 1 is 1.09 bits per heavy atom. The first kappa shape index (κ1) is 28.0. The second-order valence-corrected chi connectivity index (χ2v) is 10.8. The monoisotopic (exact) mass is 527 g/mol. The summed E-state index contributed by atoms with van der Waals surface area (Å²) in [4.78, 5) is 27.6. The number of benzene rings is 2. The summed E-state index contributed by atoms with van der Waals surface area (Å²) < 4.78 is 26.1. The zero-order chi connectivity index (χ0) is 25.3. The first-order valence-electron chi connectivity index (χ1n) is 11.1. The van der Waals surface area contributed by atoms with Crippen molar-refractivity contribution in [1.29, 1.82) is 0 Å². The van der Waals surface area contributed by atoms with E-state index in [1.165, 1.54) is 23.1 Å². The highest BCUT2D eigenvalue weighted by Crippen LogP contribution is 2.30. The summed E-state index contributed by atoms with van der Waals surface area (Å²) in [6, 6.07) is 13.2. The second-order valence-electron chi connectivity index (χ2n) is 8.01. The molecule has 0 aromatic heterocycles. The summed E-state index contributed by atoms with van der Waals surface area (Å²) in [6.45, 7) is 3.92. The molecule has 2 aromatic carbocycles. The highest BCUT2D eigenvalue weighted by molar-refractivity contribution is 7.92. The maximum Gasteiger partial charge on any atom is 0.244 e. The Bertz CT molecular complexity index is 1080. The number of amides is 2. The number of carbonyl (C=O) groups is 2. The van der Waals surface area contributed by atoms with E-state index in [1.54, 1.807) is 6.92 Å². The lowest BCUT2D eigenvalue weighted by atomic mass is 10.1. The number of hydrogen-bond donors (Lipinski definition) is 1. The van der Waals surface area contributed by atoms with Crippen LogP contribution in [0.5, 0.6) is 0 Å². The van der Waals surface area contributed by atoms with E-state index in [0.29, 0.717) is 18.0 Å². The van der Waals surface area contributed by atoms with E-state index >= 15 is 0 Å². The van der Waals surface area contributed by atoms with Gasteiger partial charge in [0.1, 0.15) is 12.6 Å². The minimum Gasteiger partial charge on any atom is -0.354 e. The van der Waals surface area contributed by atoms with Crippen molar-refractivity contribution >= 4 is 50.7 Å². The largest absolute Gasteiger partial charge is 0.354 e. The standard InChI is InChI=1S/C24H31Cl2N3O4S/c1-4-5-14-27-24(31)18(2)28(15-13-19-9-7-6-8-10-19)23(30)17-29(34(3,32)33)22-12-11-20(25)16-21(22)26/h6-12,16,18H,4-5,13-15,17H2,1-3H3,(H,27,31)/t18-/m0/s1. The SMILES string of the molecule is CCCCNC(=O)[C@H](C)N(CCc1ccccc1)C(=O)CN(c1ccc(Cl)cc1Cl)S(C)(=O)=O. The zero-order valence-corrected chi connectivity index (χ0v) is 22.0. The predicted octanol–water partition coefficient (Wildman–Crippen LogP) is 4.14. The van der Waals surface area contributed by atoms with Crippen molar-refractivity contribution in [3.05, 3.63) is 64.1 Å². The van der Waals surface area contributed by atoms with E-state index in [2.05, 4.69) is 5.32 Å². The molecule has 0 saturated carbocycles. The molecule has 0 radical (unpaired) electrons. The number of hydrogen-bond acceptors (Lipinski definition) is 4. The Morgan fingerprint density at radius 3 is 2.35 bits per heavy atom.